The molecule has 1 saturated heterocycles. The summed E-state index contributed by atoms with van der Waals surface area (Å²) in [6, 6.07) is 20.9. The Kier molecular flexibility index (Phi) is 9.88. The van der Waals surface area contributed by atoms with E-state index in [1.165, 1.54) is 31.4 Å². The number of carbonyl (C=O) groups is 3. The van der Waals surface area contributed by atoms with E-state index in [0.29, 0.717) is 17.7 Å². The van der Waals surface area contributed by atoms with Gasteiger partial charge in [-0.1, -0.05) is 24.3 Å². The molecule has 3 aromatic rings. The topological polar surface area (TPSA) is 106 Å². The Bertz CT molecular complexity index is 1280. The number of ether oxygens (including phenoxy) is 3. The van der Waals surface area contributed by atoms with Crippen molar-refractivity contribution in [2.75, 3.05) is 33.4 Å². The highest BCUT2D eigenvalue weighted by Gasteiger charge is 2.21. The summed E-state index contributed by atoms with van der Waals surface area (Å²) in [6.45, 7) is 7.79. The number of hydrogen-bond donors (Lipinski definition) is 2. The van der Waals surface area contributed by atoms with Gasteiger partial charge in [0.15, 0.2) is 0 Å². The second-order valence-corrected chi connectivity index (χ2v) is 9.80. The van der Waals surface area contributed by atoms with E-state index >= 15 is 0 Å². The average molecular weight is 546 g/mol. The predicted molar refractivity (Wildman–Crippen MR) is 151 cm³/mol. The number of rotatable bonds is 9. The largest absolute Gasteiger partial charge is 0.494 e. The first kappa shape index (κ1) is 28.8. The molecule has 0 aromatic heterocycles. The summed E-state index contributed by atoms with van der Waals surface area (Å²) in [4.78, 5) is 38.8. The van der Waals surface area contributed by atoms with Gasteiger partial charge in [0.05, 0.1) is 31.5 Å². The van der Waals surface area contributed by atoms with Gasteiger partial charge in [-0.05, 0) is 79.9 Å². The Hall–Kier alpha value is -4.21. The molecule has 2 atom stereocenters. The zero-order valence-corrected chi connectivity index (χ0v) is 23.0. The van der Waals surface area contributed by atoms with Crippen molar-refractivity contribution < 1.29 is 28.6 Å². The fourth-order valence-corrected chi connectivity index (χ4v) is 4.64. The van der Waals surface area contributed by atoms with Crippen LogP contribution in [0.3, 0.4) is 0 Å². The molecule has 2 unspecified atom stereocenters. The summed E-state index contributed by atoms with van der Waals surface area (Å²) in [5.41, 5.74) is 7.75. The molecule has 2 amide bonds. The van der Waals surface area contributed by atoms with Crippen LogP contribution >= 0.6 is 0 Å². The van der Waals surface area contributed by atoms with E-state index in [9.17, 15) is 14.4 Å². The third-order valence-corrected chi connectivity index (χ3v) is 6.58. The minimum absolute atomic E-state index is 0.270. The number of carbonyl (C=O) groups excluding carboxylic acids is 3. The molecule has 210 valence electrons. The van der Waals surface area contributed by atoms with Crippen molar-refractivity contribution in [2.24, 2.45) is 0 Å². The predicted octanol–water partition coefficient (Wildman–Crippen LogP) is 4.09. The molecule has 2 N–H and O–H groups in total. The lowest BCUT2D eigenvalue weighted by Crippen LogP contribution is -2.45. The maximum atomic E-state index is 12.5. The standard InChI is InChI=1S/C31H35N3O6/c1-21-19-34(20-22(2)40-21)17-4-18-39-28-15-13-24(14-16-28)23-5-7-25(8-6-23)29(35)32-33-30(36)26-9-11-27(12-10-26)31(37)38-3/h5-16,21-22H,4,17-20H2,1-3H3,(H,32,35)(H,33,36). The van der Waals surface area contributed by atoms with Gasteiger partial charge in [-0.25, -0.2) is 4.79 Å². The zero-order valence-electron chi connectivity index (χ0n) is 23.0. The number of amides is 2. The van der Waals surface area contributed by atoms with Crippen LogP contribution < -0.4 is 15.6 Å². The van der Waals surface area contributed by atoms with Gasteiger partial charge in [-0.15, -0.1) is 0 Å². The number of nitrogens with one attached hydrogen (secondary N) is 2. The van der Waals surface area contributed by atoms with E-state index in [1.54, 1.807) is 12.1 Å². The summed E-state index contributed by atoms with van der Waals surface area (Å²) in [5, 5.41) is 0. The van der Waals surface area contributed by atoms with Crippen molar-refractivity contribution in [3.63, 3.8) is 0 Å². The maximum absolute atomic E-state index is 12.5. The molecule has 9 nitrogen and oxygen atoms in total. The van der Waals surface area contributed by atoms with Crippen LogP contribution in [0, 0.1) is 0 Å². The number of nitrogens with zero attached hydrogens (tertiary/aromatic N) is 1. The van der Waals surface area contributed by atoms with Crippen molar-refractivity contribution in [2.45, 2.75) is 32.5 Å². The molecule has 4 rings (SSSR count). The van der Waals surface area contributed by atoms with Crippen molar-refractivity contribution >= 4 is 17.8 Å². The summed E-state index contributed by atoms with van der Waals surface area (Å²) >= 11 is 0. The summed E-state index contributed by atoms with van der Waals surface area (Å²) in [6.07, 6.45) is 1.49. The van der Waals surface area contributed by atoms with Crippen LogP contribution in [0.4, 0.5) is 0 Å². The number of hydrazine groups is 1. The molecule has 0 radical (unpaired) electrons. The molecule has 3 aromatic carbocycles. The van der Waals surface area contributed by atoms with Gasteiger partial charge < -0.3 is 14.2 Å². The van der Waals surface area contributed by atoms with Crippen molar-refractivity contribution in [3.05, 3.63) is 89.5 Å². The molecule has 9 heteroatoms. The number of hydrogen-bond acceptors (Lipinski definition) is 7. The second-order valence-electron chi connectivity index (χ2n) is 9.80. The molecule has 0 saturated carbocycles. The minimum Gasteiger partial charge on any atom is -0.494 e. The fourth-order valence-electron chi connectivity index (χ4n) is 4.64. The molecule has 0 spiro atoms. The molecule has 1 heterocycles. The zero-order chi connectivity index (χ0) is 28.5. The first-order valence-corrected chi connectivity index (χ1v) is 13.3. The van der Waals surface area contributed by atoms with E-state index in [1.807, 2.05) is 36.4 Å². The van der Waals surface area contributed by atoms with Crippen LogP contribution in [-0.4, -0.2) is 68.2 Å². The average Bonchev–Trinajstić information content (AvgIpc) is 2.97. The first-order valence-electron chi connectivity index (χ1n) is 13.3. The summed E-state index contributed by atoms with van der Waals surface area (Å²) < 4.78 is 16.4. The highest BCUT2D eigenvalue weighted by Crippen LogP contribution is 2.23. The van der Waals surface area contributed by atoms with Crippen LogP contribution in [0.2, 0.25) is 0 Å². The molecule has 1 aliphatic rings. The highest BCUT2D eigenvalue weighted by atomic mass is 16.5. The Morgan fingerprint density at radius 2 is 1.25 bits per heavy atom. The van der Waals surface area contributed by atoms with E-state index in [2.05, 4.69) is 34.3 Å². The van der Waals surface area contributed by atoms with Crippen LogP contribution in [0.1, 0.15) is 51.3 Å². The molecular weight excluding hydrogens is 510 g/mol. The SMILES string of the molecule is COC(=O)c1ccc(C(=O)NNC(=O)c2ccc(-c3ccc(OCCCN4CC(C)OC(C)C4)cc3)cc2)cc1. The van der Waals surface area contributed by atoms with Crippen LogP contribution in [0.15, 0.2) is 72.8 Å². The number of morpholine rings is 1. The lowest BCUT2D eigenvalue weighted by atomic mass is 10.0. The molecule has 0 aliphatic carbocycles. The van der Waals surface area contributed by atoms with E-state index in [4.69, 9.17) is 9.47 Å². The molecule has 0 bridgehead atoms. The van der Waals surface area contributed by atoms with Gasteiger partial charge in [0.25, 0.3) is 11.8 Å². The summed E-state index contributed by atoms with van der Waals surface area (Å²) in [7, 11) is 1.28. The molecular formula is C31H35N3O6. The lowest BCUT2D eigenvalue weighted by Gasteiger charge is -2.35. The summed E-state index contributed by atoms with van der Waals surface area (Å²) in [5.74, 6) is -0.628. The number of esters is 1. The van der Waals surface area contributed by atoms with Gasteiger partial charge in [-0.3, -0.25) is 25.3 Å². The quantitative estimate of drug-likeness (QED) is 0.237. The number of methoxy groups -OCH3 is 1. The second kappa shape index (κ2) is 13.7. The van der Waals surface area contributed by atoms with Crippen molar-refractivity contribution in [1.82, 2.24) is 15.8 Å². The van der Waals surface area contributed by atoms with Gasteiger partial charge in [0.2, 0.25) is 0 Å². The van der Waals surface area contributed by atoms with E-state index in [0.717, 1.165) is 42.9 Å². The monoisotopic (exact) mass is 545 g/mol. The van der Waals surface area contributed by atoms with Gasteiger partial charge in [0, 0.05) is 30.8 Å². The van der Waals surface area contributed by atoms with Crippen LogP contribution in [0.5, 0.6) is 5.75 Å². The van der Waals surface area contributed by atoms with E-state index in [-0.39, 0.29) is 17.8 Å². The van der Waals surface area contributed by atoms with E-state index < -0.39 is 17.8 Å². The number of benzene rings is 3. The lowest BCUT2D eigenvalue weighted by molar-refractivity contribution is -0.0686. The fraction of sp³-hybridized carbons (Fsp3) is 0.323. The Morgan fingerprint density at radius 1 is 0.775 bits per heavy atom. The Balaban J connectivity index is 1.22. The van der Waals surface area contributed by atoms with Gasteiger partial charge >= 0.3 is 5.97 Å². The first-order chi connectivity index (χ1) is 19.3. The highest BCUT2D eigenvalue weighted by molar-refractivity contribution is 6.00. The molecule has 40 heavy (non-hydrogen) atoms. The minimum atomic E-state index is -0.506. The normalized spacial score (nSPS) is 17.1. The third kappa shape index (κ3) is 7.91. The van der Waals surface area contributed by atoms with Gasteiger partial charge in [-0.2, -0.15) is 0 Å². The smallest absolute Gasteiger partial charge is 0.337 e. The van der Waals surface area contributed by atoms with Crippen molar-refractivity contribution in [3.8, 4) is 16.9 Å². The molecule has 1 aliphatic heterocycles. The Labute approximate surface area is 234 Å². The molecule has 1 fully saturated rings. The van der Waals surface area contributed by atoms with Crippen molar-refractivity contribution in [1.29, 1.82) is 0 Å². The van der Waals surface area contributed by atoms with Crippen LogP contribution in [0.25, 0.3) is 11.1 Å². The maximum Gasteiger partial charge on any atom is 0.337 e. The van der Waals surface area contributed by atoms with Crippen LogP contribution in [-0.2, 0) is 9.47 Å². The Morgan fingerprint density at radius 3 is 1.77 bits per heavy atom. The third-order valence-electron chi connectivity index (χ3n) is 6.58. The van der Waals surface area contributed by atoms with Gasteiger partial charge in [0.1, 0.15) is 5.75 Å².